The highest BCUT2D eigenvalue weighted by atomic mass is 35.7. The normalized spacial score (nSPS) is 11.2. The summed E-state index contributed by atoms with van der Waals surface area (Å²) in [4.78, 5) is 19.5. The van der Waals surface area contributed by atoms with Crippen LogP contribution in [0.5, 0.6) is 0 Å². The molecule has 0 unspecified atom stereocenters. The minimum Gasteiger partial charge on any atom is -0.352 e. The van der Waals surface area contributed by atoms with Crippen LogP contribution in [0, 0.1) is 21.7 Å². The third kappa shape index (κ3) is 3.02. The Balaban J connectivity index is 3.78. The van der Waals surface area contributed by atoms with Crippen molar-refractivity contribution >= 4 is 31.3 Å². The maximum atomic E-state index is 13.9. The predicted molar refractivity (Wildman–Crippen MR) is 64.1 cm³/mol. The molecule has 1 aromatic rings. The molecule has 20 heavy (non-hydrogen) atoms. The Bertz CT molecular complexity index is 692. The van der Waals surface area contributed by atoms with Gasteiger partial charge in [-0.15, -0.1) is 0 Å². The number of carbonyl (C=O) groups is 1. The van der Waals surface area contributed by atoms with Crippen LogP contribution in [0.4, 0.5) is 14.5 Å². The molecule has 0 saturated heterocycles. The largest absolute Gasteiger partial charge is 0.352 e. The van der Waals surface area contributed by atoms with E-state index in [4.69, 9.17) is 10.7 Å². The first-order chi connectivity index (χ1) is 9.11. The van der Waals surface area contributed by atoms with Crippen molar-refractivity contribution in [2.45, 2.75) is 11.8 Å². The van der Waals surface area contributed by atoms with Crippen LogP contribution in [0.25, 0.3) is 0 Å². The zero-order chi connectivity index (χ0) is 15.7. The number of carbonyl (C=O) groups excluding carboxylic acids is 1. The van der Waals surface area contributed by atoms with Gasteiger partial charge in [-0.05, 0) is 6.92 Å². The molecule has 0 spiro atoms. The second-order valence-corrected chi connectivity index (χ2v) is 5.99. The van der Waals surface area contributed by atoms with Crippen LogP contribution < -0.4 is 5.32 Å². The van der Waals surface area contributed by atoms with Gasteiger partial charge in [0.25, 0.3) is 15.0 Å². The van der Waals surface area contributed by atoms with Gasteiger partial charge >= 0.3 is 5.69 Å². The molecular weight excluding hydrogens is 322 g/mol. The molecule has 1 amide bonds. The number of hydrogen-bond acceptors (Lipinski definition) is 5. The van der Waals surface area contributed by atoms with Gasteiger partial charge in [0.1, 0.15) is 10.5 Å². The van der Waals surface area contributed by atoms with E-state index >= 15 is 0 Å². The second kappa shape index (κ2) is 5.67. The van der Waals surface area contributed by atoms with E-state index in [1.807, 2.05) is 5.32 Å². The molecule has 0 heterocycles. The van der Waals surface area contributed by atoms with E-state index in [0.29, 0.717) is 0 Å². The summed E-state index contributed by atoms with van der Waals surface area (Å²) in [7, 11) is 0.171. The molecule has 1 rings (SSSR count). The summed E-state index contributed by atoms with van der Waals surface area (Å²) in [6, 6.07) is 0.121. The van der Waals surface area contributed by atoms with Crippen molar-refractivity contribution < 1.29 is 26.9 Å². The molecule has 110 valence electrons. The van der Waals surface area contributed by atoms with E-state index in [1.54, 1.807) is 0 Å². The lowest BCUT2D eigenvalue weighted by Crippen LogP contribution is -2.26. The van der Waals surface area contributed by atoms with Crippen molar-refractivity contribution in [1.82, 2.24) is 5.32 Å². The average molecular weight is 329 g/mol. The smallest absolute Gasteiger partial charge is 0.307 e. The van der Waals surface area contributed by atoms with Crippen molar-refractivity contribution in [3.63, 3.8) is 0 Å². The van der Waals surface area contributed by atoms with Crippen LogP contribution in [0.2, 0.25) is 0 Å². The number of nitrogens with one attached hydrogen (secondary N) is 1. The van der Waals surface area contributed by atoms with Crippen LogP contribution in [0.3, 0.4) is 0 Å². The Labute approximate surface area is 116 Å². The van der Waals surface area contributed by atoms with Crippen LogP contribution in [0.1, 0.15) is 17.3 Å². The van der Waals surface area contributed by atoms with E-state index in [2.05, 4.69) is 0 Å². The second-order valence-electron chi connectivity index (χ2n) is 3.45. The van der Waals surface area contributed by atoms with Crippen molar-refractivity contribution in [3.8, 4) is 0 Å². The number of nitrogens with zero attached hydrogens (tertiary/aromatic N) is 1. The topological polar surface area (TPSA) is 106 Å². The molecule has 7 nitrogen and oxygen atoms in total. The molecule has 1 aromatic carbocycles. The van der Waals surface area contributed by atoms with E-state index < -0.39 is 47.7 Å². The molecule has 0 fully saturated rings. The van der Waals surface area contributed by atoms with Gasteiger partial charge in [-0.25, -0.2) is 12.8 Å². The van der Waals surface area contributed by atoms with E-state index in [0.717, 1.165) is 0 Å². The fourth-order valence-electron chi connectivity index (χ4n) is 1.36. The highest BCUT2D eigenvalue weighted by Crippen LogP contribution is 2.30. The summed E-state index contributed by atoms with van der Waals surface area (Å²) in [6.07, 6.45) is 0. The summed E-state index contributed by atoms with van der Waals surface area (Å²) in [5, 5.41) is 12.6. The Morgan fingerprint density at radius 2 is 2.00 bits per heavy atom. The van der Waals surface area contributed by atoms with E-state index in [9.17, 15) is 32.1 Å². The van der Waals surface area contributed by atoms with Gasteiger partial charge in [0.15, 0.2) is 5.82 Å². The first-order valence-electron chi connectivity index (χ1n) is 5.00. The number of halogens is 3. The first-order valence-corrected chi connectivity index (χ1v) is 7.31. The highest BCUT2D eigenvalue weighted by Gasteiger charge is 2.33. The van der Waals surface area contributed by atoms with Gasteiger partial charge in [-0.3, -0.25) is 14.9 Å². The third-order valence-corrected chi connectivity index (χ3v) is 3.49. The summed E-state index contributed by atoms with van der Waals surface area (Å²) in [5.74, 6) is -4.88. The maximum absolute atomic E-state index is 13.9. The van der Waals surface area contributed by atoms with Gasteiger partial charge in [-0.2, -0.15) is 4.39 Å². The Kier molecular flexibility index (Phi) is 4.61. The molecular formula is C9H7ClF2N2O5S. The van der Waals surface area contributed by atoms with Gasteiger partial charge in [0.05, 0.1) is 4.92 Å². The summed E-state index contributed by atoms with van der Waals surface area (Å²) >= 11 is 0. The molecule has 0 aliphatic rings. The molecule has 0 bridgehead atoms. The van der Waals surface area contributed by atoms with E-state index in [1.165, 1.54) is 6.92 Å². The summed E-state index contributed by atoms with van der Waals surface area (Å²) < 4.78 is 49.8. The van der Waals surface area contributed by atoms with Gasteiger partial charge < -0.3 is 5.32 Å². The number of nitro benzene ring substituents is 1. The molecule has 0 aliphatic carbocycles. The molecule has 0 atom stereocenters. The minimum atomic E-state index is -4.73. The average Bonchev–Trinajstić information content (AvgIpc) is 2.26. The summed E-state index contributed by atoms with van der Waals surface area (Å²) in [5.41, 5.74) is -2.74. The lowest BCUT2D eigenvalue weighted by molar-refractivity contribution is -0.387. The number of hydrogen-bond donors (Lipinski definition) is 1. The van der Waals surface area contributed by atoms with Crippen molar-refractivity contribution in [1.29, 1.82) is 0 Å². The minimum absolute atomic E-state index is 0.0244. The zero-order valence-electron chi connectivity index (χ0n) is 9.82. The monoisotopic (exact) mass is 328 g/mol. The Morgan fingerprint density at radius 3 is 2.40 bits per heavy atom. The fraction of sp³-hybridized carbons (Fsp3) is 0.222. The molecule has 0 aromatic heterocycles. The molecule has 11 heteroatoms. The fourth-order valence-corrected chi connectivity index (χ4v) is 2.26. The number of amides is 1. The Morgan fingerprint density at radius 1 is 1.45 bits per heavy atom. The van der Waals surface area contributed by atoms with Crippen molar-refractivity contribution in [2.75, 3.05) is 6.54 Å². The lowest BCUT2D eigenvalue weighted by atomic mass is 10.1. The molecule has 0 aliphatic heterocycles. The lowest BCUT2D eigenvalue weighted by Gasteiger charge is -2.08. The quantitative estimate of drug-likeness (QED) is 0.512. The molecule has 0 radical (unpaired) electrons. The van der Waals surface area contributed by atoms with Crippen molar-refractivity contribution in [3.05, 3.63) is 33.4 Å². The number of nitro groups is 1. The number of benzene rings is 1. The van der Waals surface area contributed by atoms with Crippen LogP contribution >= 0.6 is 10.7 Å². The maximum Gasteiger partial charge on any atom is 0.307 e. The summed E-state index contributed by atoms with van der Waals surface area (Å²) in [6.45, 7) is 1.41. The SMILES string of the molecule is CCNC(=O)c1c(F)c([N+](=O)[O-])cc(S(=O)(=O)Cl)c1F. The molecule has 1 N–H and O–H groups in total. The van der Waals surface area contributed by atoms with Crippen LogP contribution in [-0.4, -0.2) is 25.8 Å². The third-order valence-electron chi connectivity index (χ3n) is 2.17. The predicted octanol–water partition coefficient (Wildman–Crippen LogP) is 1.55. The molecule has 0 saturated carbocycles. The Hall–Kier alpha value is -1.81. The van der Waals surface area contributed by atoms with E-state index in [-0.39, 0.29) is 12.6 Å². The standard InChI is InChI=1S/C9H7ClF2N2O5S/c1-2-13-9(15)6-7(11)4(14(16)17)3-5(8(6)12)20(10,18)19/h3H,2H2,1H3,(H,13,15). The van der Waals surface area contributed by atoms with Crippen LogP contribution in [0.15, 0.2) is 11.0 Å². The van der Waals surface area contributed by atoms with Crippen molar-refractivity contribution in [2.24, 2.45) is 0 Å². The zero-order valence-corrected chi connectivity index (χ0v) is 11.4. The van der Waals surface area contributed by atoms with Gasteiger partial charge in [0, 0.05) is 23.3 Å². The first kappa shape index (κ1) is 16.2. The van der Waals surface area contributed by atoms with Gasteiger partial charge in [0.2, 0.25) is 5.82 Å². The highest BCUT2D eigenvalue weighted by molar-refractivity contribution is 8.13. The number of rotatable bonds is 4. The van der Waals surface area contributed by atoms with Gasteiger partial charge in [-0.1, -0.05) is 0 Å². The van der Waals surface area contributed by atoms with Crippen LogP contribution in [-0.2, 0) is 9.05 Å².